The first-order chi connectivity index (χ1) is 8.00. The lowest BCUT2D eigenvalue weighted by Crippen LogP contribution is -2.72. The monoisotopic (exact) mass is 260 g/mol. The molecule has 6 heteroatoms. The van der Waals surface area contributed by atoms with Crippen molar-refractivity contribution in [3.05, 3.63) is 0 Å². The molecule has 0 bridgehead atoms. The number of nitrogens with zero attached hydrogens (tertiary/aromatic N) is 1. The quantitative estimate of drug-likeness (QED) is 0.707. The summed E-state index contributed by atoms with van der Waals surface area (Å²) in [6, 6.07) is -0.157. The van der Waals surface area contributed by atoms with Gasteiger partial charge < -0.3 is 10.5 Å². The number of ether oxygens (including phenoxy) is 1. The highest BCUT2D eigenvalue weighted by atomic mass is 32.2. The summed E-state index contributed by atoms with van der Waals surface area (Å²) < 4.78 is 31.4. The smallest absolute Gasteiger partial charge is 0.214 e. The summed E-state index contributed by atoms with van der Waals surface area (Å²) in [7, 11) is -3.11. The highest BCUT2D eigenvalue weighted by Crippen LogP contribution is 2.42. The first kappa shape index (κ1) is 11.9. The van der Waals surface area contributed by atoms with Crippen LogP contribution >= 0.6 is 0 Å². The summed E-state index contributed by atoms with van der Waals surface area (Å²) in [5.74, 6) is 0.822. The number of hydrogen-bond acceptors (Lipinski definition) is 4. The maximum atomic E-state index is 12.0. The lowest BCUT2D eigenvalue weighted by molar-refractivity contribution is -0.138. The Morgan fingerprint density at radius 1 is 1.41 bits per heavy atom. The third-order valence-electron chi connectivity index (χ3n) is 4.32. The van der Waals surface area contributed by atoms with E-state index in [0.29, 0.717) is 12.5 Å². The molecule has 0 aromatic rings. The Kier molecular flexibility index (Phi) is 2.74. The molecule has 1 saturated carbocycles. The molecule has 2 saturated heterocycles. The minimum absolute atomic E-state index is 0.0406. The zero-order chi connectivity index (χ0) is 12.2. The lowest BCUT2D eigenvalue weighted by atomic mass is 9.68. The van der Waals surface area contributed by atoms with Crippen LogP contribution in [0.15, 0.2) is 0 Å². The average Bonchev–Trinajstić information content (AvgIpc) is 2.52. The van der Waals surface area contributed by atoms with Crippen LogP contribution in [0.25, 0.3) is 0 Å². The summed E-state index contributed by atoms with van der Waals surface area (Å²) in [4.78, 5) is 0. The minimum atomic E-state index is -3.11. The van der Waals surface area contributed by atoms with Crippen LogP contribution < -0.4 is 5.73 Å². The molecule has 98 valence electrons. The molecule has 0 spiro atoms. The molecule has 0 aromatic heterocycles. The number of sulfonamides is 1. The van der Waals surface area contributed by atoms with Gasteiger partial charge in [0.05, 0.1) is 17.9 Å². The van der Waals surface area contributed by atoms with Crippen molar-refractivity contribution in [1.82, 2.24) is 4.31 Å². The van der Waals surface area contributed by atoms with Crippen molar-refractivity contribution in [2.45, 2.75) is 38.0 Å². The number of nitrogens with two attached hydrogens (primary N) is 1. The third-order valence-corrected chi connectivity index (χ3v) is 6.41. The van der Waals surface area contributed by atoms with Crippen molar-refractivity contribution >= 4 is 10.0 Å². The molecule has 0 radical (unpaired) electrons. The van der Waals surface area contributed by atoms with E-state index in [1.54, 1.807) is 4.31 Å². The topological polar surface area (TPSA) is 72.6 Å². The molecule has 1 aliphatic carbocycles. The van der Waals surface area contributed by atoms with E-state index in [0.717, 1.165) is 19.4 Å². The minimum Gasteiger partial charge on any atom is -0.376 e. The standard InChI is InChI=1S/C11H20N2O3S/c1-7-5-13(17(14,15)6-7)10-9(12)8-3-2-4-16-11(8)10/h7-11H,2-6,12H2,1H3. The molecule has 3 aliphatic rings. The van der Waals surface area contributed by atoms with E-state index in [1.807, 2.05) is 6.92 Å². The van der Waals surface area contributed by atoms with Crippen LogP contribution in [0.2, 0.25) is 0 Å². The van der Waals surface area contributed by atoms with Gasteiger partial charge in [-0.05, 0) is 18.8 Å². The zero-order valence-corrected chi connectivity index (χ0v) is 10.9. The van der Waals surface area contributed by atoms with Crippen LogP contribution in [0.4, 0.5) is 0 Å². The normalized spacial score (nSPS) is 49.6. The summed E-state index contributed by atoms with van der Waals surface area (Å²) in [6.07, 6.45) is 2.16. The Balaban J connectivity index is 1.81. The van der Waals surface area contributed by atoms with E-state index in [9.17, 15) is 8.42 Å². The van der Waals surface area contributed by atoms with Gasteiger partial charge in [-0.1, -0.05) is 6.92 Å². The highest BCUT2D eigenvalue weighted by molar-refractivity contribution is 7.89. The van der Waals surface area contributed by atoms with Gasteiger partial charge >= 0.3 is 0 Å². The summed E-state index contributed by atoms with van der Waals surface area (Å²) in [5, 5.41) is 0. The number of rotatable bonds is 1. The van der Waals surface area contributed by atoms with Gasteiger partial charge in [-0.3, -0.25) is 0 Å². The van der Waals surface area contributed by atoms with E-state index in [2.05, 4.69) is 0 Å². The molecule has 2 N–H and O–H groups in total. The van der Waals surface area contributed by atoms with E-state index < -0.39 is 10.0 Å². The second kappa shape index (κ2) is 3.91. The van der Waals surface area contributed by atoms with Crippen molar-refractivity contribution < 1.29 is 13.2 Å². The van der Waals surface area contributed by atoms with E-state index in [-0.39, 0.29) is 29.9 Å². The maximum absolute atomic E-state index is 12.0. The Bertz CT molecular complexity index is 411. The van der Waals surface area contributed by atoms with Crippen molar-refractivity contribution in [3.63, 3.8) is 0 Å². The zero-order valence-electron chi connectivity index (χ0n) is 10.1. The number of fused-ring (bicyclic) bond motifs is 1. The Labute approximate surface area is 102 Å². The first-order valence-electron chi connectivity index (χ1n) is 6.37. The average molecular weight is 260 g/mol. The summed E-state index contributed by atoms with van der Waals surface area (Å²) in [5.41, 5.74) is 6.14. The van der Waals surface area contributed by atoms with E-state index in [1.165, 1.54) is 0 Å². The Morgan fingerprint density at radius 2 is 2.18 bits per heavy atom. The van der Waals surface area contributed by atoms with Crippen LogP contribution in [0.5, 0.6) is 0 Å². The Morgan fingerprint density at radius 3 is 2.82 bits per heavy atom. The van der Waals surface area contributed by atoms with E-state index >= 15 is 0 Å². The van der Waals surface area contributed by atoms with Crippen molar-refractivity contribution in [3.8, 4) is 0 Å². The predicted octanol–water partition coefficient (Wildman–Crippen LogP) is -0.227. The lowest BCUT2D eigenvalue weighted by Gasteiger charge is -2.54. The van der Waals surface area contributed by atoms with Gasteiger partial charge in [0.2, 0.25) is 10.0 Å². The highest BCUT2D eigenvalue weighted by Gasteiger charge is 2.57. The number of hydrogen-bond donors (Lipinski definition) is 1. The summed E-state index contributed by atoms with van der Waals surface area (Å²) in [6.45, 7) is 3.32. The van der Waals surface area contributed by atoms with Crippen LogP contribution in [0, 0.1) is 11.8 Å². The van der Waals surface area contributed by atoms with Gasteiger partial charge in [0.1, 0.15) is 0 Å². The molecule has 5 atom stereocenters. The molecule has 2 aliphatic heterocycles. The molecular formula is C11H20N2O3S. The Hall–Kier alpha value is -0.170. The molecule has 3 rings (SSSR count). The molecule has 2 heterocycles. The van der Waals surface area contributed by atoms with Gasteiger partial charge in [-0.15, -0.1) is 0 Å². The fourth-order valence-electron chi connectivity index (χ4n) is 3.51. The van der Waals surface area contributed by atoms with Crippen LogP contribution in [-0.4, -0.2) is 49.8 Å². The van der Waals surface area contributed by atoms with Crippen molar-refractivity contribution in [1.29, 1.82) is 0 Å². The van der Waals surface area contributed by atoms with Crippen LogP contribution in [0.1, 0.15) is 19.8 Å². The predicted molar refractivity (Wildman–Crippen MR) is 63.9 cm³/mol. The van der Waals surface area contributed by atoms with Gasteiger partial charge in [-0.2, -0.15) is 4.31 Å². The van der Waals surface area contributed by atoms with Crippen molar-refractivity contribution in [2.24, 2.45) is 17.6 Å². The molecule has 5 unspecified atom stereocenters. The van der Waals surface area contributed by atoms with Crippen molar-refractivity contribution in [2.75, 3.05) is 18.9 Å². The summed E-state index contributed by atoms with van der Waals surface area (Å²) >= 11 is 0. The van der Waals surface area contributed by atoms with Crippen LogP contribution in [-0.2, 0) is 14.8 Å². The SMILES string of the molecule is CC1CN(C2C(N)C3CCCOC32)S(=O)(=O)C1. The maximum Gasteiger partial charge on any atom is 0.214 e. The molecule has 17 heavy (non-hydrogen) atoms. The third kappa shape index (κ3) is 1.73. The fraction of sp³-hybridized carbons (Fsp3) is 1.00. The van der Waals surface area contributed by atoms with Gasteiger partial charge in [0.15, 0.2) is 0 Å². The van der Waals surface area contributed by atoms with Gasteiger partial charge in [-0.25, -0.2) is 8.42 Å². The fourth-order valence-corrected chi connectivity index (χ4v) is 5.64. The van der Waals surface area contributed by atoms with E-state index in [4.69, 9.17) is 10.5 Å². The second-order valence-corrected chi connectivity index (χ2v) is 7.63. The molecule has 0 amide bonds. The van der Waals surface area contributed by atoms with Crippen LogP contribution in [0.3, 0.4) is 0 Å². The molecule has 5 nitrogen and oxygen atoms in total. The molecule has 0 aromatic carbocycles. The molecule has 3 fully saturated rings. The first-order valence-corrected chi connectivity index (χ1v) is 7.98. The second-order valence-electron chi connectivity index (χ2n) is 5.66. The molecular weight excluding hydrogens is 240 g/mol. The van der Waals surface area contributed by atoms with Gasteiger partial charge in [0, 0.05) is 25.1 Å². The largest absolute Gasteiger partial charge is 0.376 e. The van der Waals surface area contributed by atoms with Gasteiger partial charge in [0.25, 0.3) is 0 Å².